The number of aliphatic hydroxyl groups excluding tert-OH is 1. The second kappa shape index (κ2) is 7.53. The fraction of sp³-hybridized carbons (Fsp3) is 0.714. The highest BCUT2D eigenvalue weighted by Crippen LogP contribution is 2.12. The third-order valence-corrected chi connectivity index (χ3v) is 3.85. The van der Waals surface area contributed by atoms with Crippen molar-refractivity contribution in [2.75, 3.05) is 33.4 Å². The molecule has 1 aromatic heterocycles. The standard InChI is InChI=1S/C14H24N4O3/c1-17-8-5-15-13(17)4-7-18-6-3-12(19)11(9-18)16-14(20)10-21-2/h5,8,11-12,19H,3-4,6-7,9-10H2,1-2H3,(H,16,20)/t11-,12+/m1/s1. The van der Waals surface area contributed by atoms with Crippen LogP contribution in [0.15, 0.2) is 12.4 Å². The Balaban J connectivity index is 1.82. The van der Waals surface area contributed by atoms with Gasteiger partial charge in [-0.1, -0.05) is 0 Å². The summed E-state index contributed by atoms with van der Waals surface area (Å²) in [4.78, 5) is 18.1. The minimum absolute atomic E-state index is 0.0243. The molecule has 0 spiro atoms. The number of methoxy groups -OCH3 is 1. The molecule has 1 aliphatic heterocycles. The van der Waals surface area contributed by atoms with Crippen molar-refractivity contribution in [1.29, 1.82) is 0 Å². The molecule has 1 saturated heterocycles. The molecule has 1 fully saturated rings. The molecule has 21 heavy (non-hydrogen) atoms. The first kappa shape index (κ1) is 15.9. The Morgan fingerprint density at radius 3 is 3.10 bits per heavy atom. The van der Waals surface area contributed by atoms with Gasteiger partial charge >= 0.3 is 0 Å². The summed E-state index contributed by atoms with van der Waals surface area (Å²) in [5, 5.41) is 12.8. The number of amides is 1. The van der Waals surface area contributed by atoms with Gasteiger partial charge in [-0.15, -0.1) is 0 Å². The van der Waals surface area contributed by atoms with E-state index in [4.69, 9.17) is 4.74 Å². The number of nitrogens with one attached hydrogen (secondary N) is 1. The Bertz CT molecular complexity index is 463. The average Bonchev–Trinajstić information content (AvgIpc) is 2.85. The first-order valence-corrected chi connectivity index (χ1v) is 7.25. The quantitative estimate of drug-likeness (QED) is 0.715. The summed E-state index contributed by atoms with van der Waals surface area (Å²) in [6.45, 7) is 2.38. The number of aryl methyl sites for hydroxylation is 1. The van der Waals surface area contributed by atoms with Crippen molar-refractivity contribution < 1.29 is 14.6 Å². The molecule has 2 heterocycles. The maximum absolute atomic E-state index is 11.6. The van der Waals surface area contributed by atoms with Gasteiger partial charge in [0.2, 0.25) is 5.91 Å². The molecule has 2 atom stereocenters. The summed E-state index contributed by atoms with van der Waals surface area (Å²) >= 11 is 0. The van der Waals surface area contributed by atoms with Crippen molar-refractivity contribution in [1.82, 2.24) is 19.8 Å². The fourth-order valence-corrected chi connectivity index (χ4v) is 2.63. The highest BCUT2D eigenvalue weighted by molar-refractivity contribution is 5.77. The SMILES string of the molecule is COCC(=O)N[C@@H]1CN(CCc2nccn2C)CC[C@@H]1O. The van der Waals surface area contributed by atoms with E-state index in [-0.39, 0.29) is 18.6 Å². The number of ether oxygens (including phenoxy) is 1. The highest BCUT2D eigenvalue weighted by atomic mass is 16.5. The van der Waals surface area contributed by atoms with E-state index < -0.39 is 6.10 Å². The Kier molecular flexibility index (Phi) is 5.72. The largest absolute Gasteiger partial charge is 0.391 e. The average molecular weight is 296 g/mol. The molecule has 7 nitrogen and oxygen atoms in total. The summed E-state index contributed by atoms with van der Waals surface area (Å²) in [6.07, 6.45) is 4.76. The zero-order valence-electron chi connectivity index (χ0n) is 12.7. The number of aliphatic hydroxyl groups is 1. The van der Waals surface area contributed by atoms with Crippen molar-refractivity contribution in [3.63, 3.8) is 0 Å². The van der Waals surface area contributed by atoms with Gasteiger partial charge in [-0.2, -0.15) is 0 Å². The molecule has 7 heteroatoms. The summed E-state index contributed by atoms with van der Waals surface area (Å²) in [5.41, 5.74) is 0. The normalized spacial score (nSPS) is 23.2. The Morgan fingerprint density at radius 1 is 1.62 bits per heavy atom. The van der Waals surface area contributed by atoms with Crippen molar-refractivity contribution in [3.8, 4) is 0 Å². The number of carbonyl (C=O) groups excluding carboxylic acids is 1. The summed E-state index contributed by atoms with van der Waals surface area (Å²) in [6, 6.07) is -0.234. The predicted molar refractivity (Wildman–Crippen MR) is 77.8 cm³/mol. The van der Waals surface area contributed by atoms with Gasteiger partial charge in [-0.3, -0.25) is 4.79 Å². The number of rotatable bonds is 6. The summed E-state index contributed by atoms with van der Waals surface area (Å²) < 4.78 is 6.81. The van der Waals surface area contributed by atoms with E-state index in [9.17, 15) is 9.90 Å². The first-order valence-electron chi connectivity index (χ1n) is 7.25. The molecule has 2 rings (SSSR count). The van der Waals surface area contributed by atoms with Gasteiger partial charge in [0, 0.05) is 52.6 Å². The number of imidazole rings is 1. The molecule has 0 aliphatic carbocycles. The maximum atomic E-state index is 11.6. The molecule has 0 aromatic carbocycles. The summed E-state index contributed by atoms with van der Waals surface area (Å²) in [5.74, 6) is 0.855. The molecule has 0 radical (unpaired) electrons. The lowest BCUT2D eigenvalue weighted by atomic mass is 10.0. The number of hydrogen-bond acceptors (Lipinski definition) is 5. The van der Waals surface area contributed by atoms with Crippen LogP contribution in [0.4, 0.5) is 0 Å². The number of piperidine rings is 1. The fourth-order valence-electron chi connectivity index (χ4n) is 2.63. The molecule has 1 amide bonds. The Labute approximate surface area is 124 Å². The maximum Gasteiger partial charge on any atom is 0.246 e. The van der Waals surface area contributed by atoms with Crippen LogP contribution in [0.1, 0.15) is 12.2 Å². The van der Waals surface area contributed by atoms with Crippen LogP contribution in [0.5, 0.6) is 0 Å². The van der Waals surface area contributed by atoms with Gasteiger partial charge in [0.15, 0.2) is 0 Å². The molecule has 0 saturated carbocycles. The van der Waals surface area contributed by atoms with E-state index in [0.29, 0.717) is 13.0 Å². The van der Waals surface area contributed by atoms with Gasteiger partial charge in [-0.25, -0.2) is 4.98 Å². The number of carbonyl (C=O) groups is 1. The number of likely N-dealkylation sites (tertiary alicyclic amines) is 1. The van der Waals surface area contributed by atoms with Gasteiger partial charge in [0.25, 0.3) is 0 Å². The van der Waals surface area contributed by atoms with Crippen LogP contribution >= 0.6 is 0 Å². The van der Waals surface area contributed by atoms with E-state index in [1.54, 1.807) is 6.20 Å². The van der Waals surface area contributed by atoms with E-state index in [2.05, 4.69) is 15.2 Å². The van der Waals surface area contributed by atoms with E-state index in [0.717, 1.165) is 25.3 Å². The van der Waals surface area contributed by atoms with Gasteiger partial charge in [0.1, 0.15) is 12.4 Å². The predicted octanol–water partition coefficient (Wildman–Crippen LogP) is -0.840. The monoisotopic (exact) mass is 296 g/mol. The van der Waals surface area contributed by atoms with Crippen LogP contribution in [0.3, 0.4) is 0 Å². The molecule has 0 unspecified atom stereocenters. The summed E-state index contributed by atoms with van der Waals surface area (Å²) in [7, 11) is 3.46. The minimum atomic E-state index is -0.491. The number of aromatic nitrogens is 2. The van der Waals surface area contributed by atoms with Crippen molar-refractivity contribution in [2.24, 2.45) is 7.05 Å². The van der Waals surface area contributed by atoms with Crippen molar-refractivity contribution in [2.45, 2.75) is 25.0 Å². The number of hydrogen-bond donors (Lipinski definition) is 2. The lowest BCUT2D eigenvalue weighted by Gasteiger charge is -2.36. The molecule has 2 N–H and O–H groups in total. The number of nitrogens with zero attached hydrogens (tertiary/aromatic N) is 3. The zero-order valence-corrected chi connectivity index (χ0v) is 12.7. The van der Waals surface area contributed by atoms with E-state index in [1.165, 1.54) is 7.11 Å². The second-order valence-electron chi connectivity index (χ2n) is 5.47. The van der Waals surface area contributed by atoms with Crippen LogP contribution in [0, 0.1) is 0 Å². The minimum Gasteiger partial charge on any atom is -0.391 e. The van der Waals surface area contributed by atoms with Crippen molar-refractivity contribution >= 4 is 5.91 Å². The third kappa shape index (κ3) is 4.52. The molecular formula is C14H24N4O3. The van der Waals surface area contributed by atoms with Crippen molar-refractivity contribution in [3.05, 3.63) is 18.2 Å². The lowest BCUT2D eigenvalue weighted by molar-refractivity contribution is -0.127. The Morgan fingerprint density at radius 2 is 2.43 bits per heavy atom. The van der Waals surface area contributed by atoms with E-state index >= 15 is 0 Å². The molecular weight excluding hydrogens is 272 g/mol. The van der Waals surface area contributed by atoms with Crippen LogP contribution in [0.25, 0.3) is 0 Å². The van der Waals surface area contributed by atoms with E-state index in [1.807, 2.05) is 17.8 Å². The highest BCUT2D eigenvalue weighted by Gasteiger charge is 2.28. The van der Waals surface area contributed by atoms with Gasteiger partial charge < -0.3 is 24.6 Å². The molecule has 0 bridgehead atoms. The van der Waals surface area contributed by atoms with Crippen LogP contribution < -0.4 is 5.32 Å². The smallest absolute Gasteiger partial charge is 0.246 e. The van der Waals surface area contributed by atoms with Gasteiger partial charge in [0.05, 0.1) is 12.1 Å². The third-order valence-electron chi connectivity index (χ3n) is 3.85. The van der Waals surface area contributed by atoms with Crippen LogP contribution in [0.2, 0.25) is 0 Å². The topological polar surface area (TPSA) is 79.6 Å². The first-order chi connectivity index (χ1) is 10.1. The molecule has 1 aromatic rings. The zero-order chi connectivity index (χ0) is 15.2. The molecule has 118 valence electrons. The lowest BCUT2D eigenvalue weighted by Crippen LogP contribution is -2.55. The second-order valence-corrected chi connectivity index (χ2v) is 5.47. The van der Waals surface area contributed by atoms with Gasteiger partial charge in [-0.05, 0) is 6.42 Å². The Hall–Kier alpha value is -1.44. The molecule has 1 aliphatic rings. The van der Waals surface area contributed by atoms with Crippen LogP contribution in [-0.2, 0) is 23.0 Å². The van der Waals surface area contributed by atoms with Crippen LogP contribution in [-0.4, -0.2) is 71.0 Å².